The quantitative estimate of drug-likeness (QED) is 0.541. The number of aromatic nitrogens is 3. The Morgan fingerprint density at radius 3 is 3.08 bits per heavy atom. The summed E-state index contributed by atoms with van der Waals surface area (Å²) in [7, 11) is 0. The van der Waals surface area contributed by atoms with E-state index in [-0.39, 0.29) is 0 Å². The molecule has 0 atom stereocenters. The van der Waals surface area contributed by atoms with Gasteiger partial charge in [-0.15, -0.1) is 5.10 Å². The molecule has 0 radical (unpaired) electrons. The third kappa shape index (κ3) is 0.922. The fourth-order valence-corrected chi connectivity index (χ4v) is 2.09. The summed E-state index contributed by atoms with van der Waals surface area (Å²) < 4.78 is 5.43. The van der Waals surface area contributed by atoms with Gasteiger partial charge in [-0.05, 0) is 17.6 Å². The summed E-state index contributed by atoms with van der Waals surface area (Å²) in [6.45, 7) is 0. The van der Waals surface area contributed by atoms with Gasteiger partial charge >= 0.3 is 0 Å². The lowest BCUT2D eigenvalue weighted by Gasteiger charge is -1.98. The maximum Gasteiger partial charge on any atom is 0.124 e. The molecule has 0 spiro atoms. The van der Waals surface area contributed by atoms with Crippen molar-refractivity contribution in [2.45, 2.75) is 0 Å². The van der Waals surface area contributed by atoms with Crippen LogP contribution in [0, 0.1) is 0 Å². The molecule has 13 heavy (non-hydrogen) atoms. The highest BCUT2D eigenvalue weighted by molar-refractivity contribution is 7.13. The summed E-state index contributed by atoms with van der Waals surface area (Å²) in [6, 6.07) is 8.09. The first kappa shape index (κ1) is 6.91. The third-order valence-corrected chi connectivity index (χ3v) is 2.81. The van der Waals surface area contributed by atoms with Crippen LogP contribution in [0.5, 0.6) is 0 Å². The SMILES string of the molecule is c1ccc2c3nncc-3nsc2c1. The van der Waals surface area contributed by atoms with Gasteiger partial charge in [-0.1, -0.05) is 18.2 Å². The zero-order valence-corrected chi connectivity index (χ0v) is 7.45. The molecular formula is C9H5N3S. The number of hydrogen-bond acceptors (Lipinski definition) is 4. The van der Waals surface area contributed by atoms with Gasteiger partial charge in [-0.3, -0.25) is 0 Å². The molecule has 2 heterocycles. The molecule has 2 aliphatic heterocycles. The molecule has 2 aliphatic rings. The van der Waals surface area contributed by atoms with E-state index < -0.39 is 0 Å². The summed E-state index contributed by atoms with van der Waals surface area (Å²) in [5, 5.41) is 9.02. The molecule has 0 bridgehead atoms. The van der Waals surface area contributed by atoms with Gasteiger partial charge in [-0.25, -0.2) is 0 Å². The van der Waals surface area contributed by atoms with Gasteiger partial charge in [-0.2, -0.15) is 9.47 Å². The molecule has 0 aromatic heterocycles. The minimum Gasteiger partial charge on any atom is -0.189 e. The zero-order chi connectivity index (χ0) is 8.67. The number of benzene rings is 1. The molecule has 0 N–H and O–H groups in total. The summed E-state index contributed by atoms with van der Waals surface area (Å²) in [6.07, 6.45) is 1.69. The Labute approximate surface area is 78.6 Å². The Morgan fingerprint density at radius 1 is 1.15 bits per heavy atom. The highest BCUT2D eigenvalue weighted by Crippen LogP contribution is 2.28. The van der Waals surface area contributed by atoms with E-state index in [4.69, 9.17) is 0 Å². The molecule has 62 valence electrons. The van der Waals surface area contributed by atoms with Gasteiger partial charge < -0.3 is 0 Å². The Morgan fingerprint density at radius 2 is 2.08 bits per heavy atom. The van der Waals surface area contributed by atoms with Crippen molar-refractivity contribution in [1.29, 1.82) is 0 Å². The molecule has 0 fully saturated rings. The van der Waals surface area contributed by atoms with Crippen LogP contribution in [0.15, 0.2) is 30.5 Å². The number of hydrogen-bond donors (Lipinski definition) is 0. The summed E-state index contributed by atoms with van der Waals surface area (Å²) in [4.78, 5) is 0. The minimum atomic E-state index is 0.878. The van der Waals surface area contributed by atoms with E-state index >= 15 is 0 Å². The standard InChI is InChI=1S/C9H5N3S/c1-2-4-8-6(3-1)9-7(12-13-8)5-10-11-9/h1-5H. The van der Waals surface area contributed by atoms with Crippen LogP contribution in [0.2, 0.25) is 0 Å². The summed E-state index contributed by atoms with van der Waals surface area (Å²) in [5.41, 5.74) is 1.78. The van der Waals surface area contributed by atoms with E-state index in [1.807, 2.05) is 24.3 Å². The van der Waals surface area contributed by atoms with Crippen molar-refractivity contribution in [2.75, 3.05) is 0 Å². The predicted octanol–water partition coefficient (Wildman–Crippen LogP) is 2.19. The van der Waals surface area contributed by atoms with Crippen LogP contribution in [0.3, 0.4) is 0 Å². The average Bonchev–Trinajstić information content (AvgIpc) is 2.65. The molecule has 0 aliphatic carbocycles. The number of rotatable bonds is 0. The maximum absolute atomic E-state index is 4.29. The first-order valence-electron chi connectivity index (χ1n) is 3.91. The smallest absolute Gasteiger partial charge is 0.124 e. The predicted molar refractivity (Wildman–Crippen MR) is 51.8 cm³/mol. The largest absolute Gasteiger partial charge is 0.189 e. The Balaban J connectivity index is 2.57. The lowest BCUT2D eigenvalue weighted by Crippen LogP contribution is -1.81. The fourth-order valence-electron chi connectivity index (χ4n) is 1.35. The van der Waals surface area contributed by atoms with Gasteiger partial charge in [0.25, 0.3) is 0 Å². The molecule has 0 saturated heterocycles. The molecule has 1 aromatic rings. The second kappa shape index (κ2) is 2.47. The lowest BCUT2D eigenvalue weighted by molar-refractivity contribution is 1.11. The van der Waals surface area contributed by atoms with Crippen LogP contribution in [0.25, 0.3) is 21.5 Å². The molecule has 4 heteroatoms. The second-order valence-electron chi connectivity index (χ2n) is 2.76. The van der Waals surface area contributed by atoms with Gasteiger partial charge in [0.05, 0.1) is 10.9 Å². The van der Waals surface area contributed by atoms with Crippen LogP contribution >= 0.6 is 11.5 Å². The maximum atomic E-state index is 4.29. The van der Waals surface area contributed by atoms with Crippen LogP contribution in [-0.4, -0.2) is 14.6 Å². The first-order chi connectivity index (χ1) is 6.45. The molecular weight excluding hydrogens is 182 g/mol. The Hall–Kier alpha value is -1.55. The topological polar surface area (TPSA) is 38.7 Å². The van der Waals surface area contributed by atoms with Crippen molar-refractivity contribution in [2.24, 2.45) is 0 Å². The number of fused-ring (bicyclic) bond motifs is 3. The highest BCUT2D eigenvalue weighted by Gasteiger charge is 2.10. The molecule has 0 unspecified atom stereocenters. The van der Waals surface area contributed by atoms with E-state index in [0.717, 1.165) is 21.5 Å². The van der Waals surface area contributed by atoms with Gasteiger partial charge in [0, 0.05) is 5.39 Å². The van der Waals surface area contributed by atoms with E-state index in [1.54, 1.807) is 6.20 Å². The highest BCUT2D eigenvalue weighted by atomic mass is 32.1. The van der Waals surface area contributed by atoms with Crippen LogP contribution in [-0.2, 0) is 0 Å². The van der Waals surface area contributed by atoms with Crippen molar-refractivity contribution in [1.82, 2.24) is 14.6 Å². The second-order valence-corrected chi connectivity index (χ2v) is 3.56. The molecule has 1 aromatic carbocycles. The molecule has 3 nitrogen and oxygen atoms in total. The van der Waals surface area contributed by atoms with Crippen molar-refractivity contribution < 1.29 is 0 Å². The third-order valence-electron chi connectivity index (χ3n) is 1.96. The van der Waals surface area contributed by atoms with Crippen LogP contribution in [0.1, 0.15) is 0 Å². The van der Waals surface area contributed by atoms with Crippen molar-refractivity contribution in [3.8, 4) is 11.4 Å². The summed E-state index contributed by atoms with van der Waals surface area (Å²) in [5.74, 6) is 0. The van der Waals surface area contributed by atoms with Crippen molar-refractivity contribution in [3.05, 3.63) is 30.5 Å². The van der Waals surface area contributed by atoms with E-state index in [9.17, 15) is 0 Å². The Kier molecular flexibility index (Phi) is 1.31. The molecule has 0 saturated carbocycles. The Bertz CT molecular complexity index is 531. The normalized spacial score (nSPS) is 11.1. The average molecular weight is 187 g/mol. The van der Waals surface area contributed by atoms with Crippen LogP contribution in [0.4, 0.5) is 0 Å². The van der Waals surface area contributed by atoms with Crippen molar-refractivity contribution in [3.63, 3.8) is 0 Å². The van der Waals surface area contributed by atoms with E-state index in [1.165, 1.54) is 11.5 Å². The van der Waals surface area contributed by atoms with Crippen molar-refractivity contribution >= 4 is 21.6 Å². The molecule has 0 amide bonds. The first-order valence-corrected chi connectivity index (χ1v) is 4.68. The fraction of sp³-hybridized carbons (Fsp3) is 0. The van der Waals surface area contributed by atoms with Gasteiger partial charge in [0.15, 0.2) is 0 Å². The van der Waals surface area contributed by atoms with Gasteiger partial charge in [0.2, 0.25) is 0 Å². The summed E-state index contributed by atoms with van der Waals surface area (Å²) >= 11 is 1.48. The minimum absolute atomic E-state index is 0.878. The molecule has 3 rings (SSSR count). The number of nitrogens with zero attached hydrogens (tertiary/aromatic N) is 3. The monoisotopic (exact) mass is 187 g/mol. The lowest BCUT2D eigenvalue weighted by atomic mass is 10.2. The van der Waals surface area contributed by atoms with E-state index in [2.05, 4.69) is 14.6 Å². The van der Waals surface area contributed by atoms with E-state index in [0.29, 0.717) is 0 Å². The van der Waals surface area contributed by atoms with Gasteiger partial charge in [0.1, 0.15) is 11.4 Å². The zero-order valence-electron chi connectivity index (χ0n) is 6.64. The van der Waals surface area contributed by atoms with Crippen LogP contribution < -0.4 is 0 Å².